The Morgan fingerprint density at radius 3 is 2.36 bits per heavy atom. The Hall–Kier alpha value is -2.71. The van der Waals surface area contributed by atoms with Gasteiger partial charge in [0.15, 0.2) is 11.0 Å². The van der Waals surface area contributed by atoms with E-state index in [0.717, 1.165) is 41.4 Å². The van der Waals surface area contributed by atoms with Gasteiger partial charge in [0.05, 0.1) is 12.3 Å². The van der Waals surface area contributed by atoms with Crippen LogP contribution in [0.5, 0.6) is 0 Å². The average Bonchev–Trinajstić information content (AvgIpc) is 3.18. The Bertz CT molecular complexity index is 1100. The van der Waals surface area contributed by atoms with Gasteiger partial charge in [-0.15, -0.1) is 10.2 Å². The molecule has 0 bridgehead atoms. The highest BCUT2D eigenvalue weighted by molar-refractivity contribution is 7.99. The van der Waals surface area contributed by atoms with E-state index in [9.17, 15) is 9.18 Å². The van der Waals surface area contributed by atoms with E-state index in [1.165, 1.54) is 48.7 Å². The number of aromatic nitrogens is 3. The largest absolute Gasteiger partial charge is 0.325 e. The number of aryl methyl sites for hydroxylation is 3. The van der Waals surface area contributed by atoms with Gasteiger partial charge in [-0.05, 0) is 82.1 Å². The number of thioether (sulfide) groups is 1. The van der Waals surface area contributed by atoms with Crippen molar-refractivity contribution in [1.82, 2.24) is 19.7 Å². The normalized spacial score (nSPS) is 14.4. The zero-order valence-electron chi connectivity index (χ0n) is 19.4. The number of hydrogen-bond acceptors (Lipinski definition) is 5. The lowest BCUT2D eigenvalue weighted by molar-refractivity contribution is -0.113. The monoisotopic (exact) mass is 467 g/mol. The summed E-state index contributed by atoms with van der Waals surface area (Å²) in [6.07, 6.45) is 3.63. The summed E-state index contributed by atoms with van der Waals surface area (Å²) in [6, 6.07) is 10.4. The highest BCUT2D eigenvalue weighted by Crippen LogP contribution is 2.26. The van der Waals surface area contributed by atoms with Crippen molar-refractivity contribution >= 4 is 23.4 Å². The van der Waals surface area contributed by atoms with Crippen molar-refractivity contribution in [3.05, 3.63) is 64.7 Å². The van der Waals surface area contributed by atoms with Gasteiger partial charge in [0.1, 0.15) is 5.82 Å². The predicted molar refractivity (Wildman–Crippen MR) is 130 cm³/mol. The number of rotatable bonds is 7. The number of carbonyl (C=O) groups is 1. The molecule has 2 aromatic carbocycles. The molecule has 0 saturated carbocycles. The summed E-state index contributed by atoms with van der Waals surface area (Å²) in [5, 5.41) is 12.5. The molecule has 0 aliphatic carbocycles. The fourth-order valence-electron chi connectivity index (χ4n) is 4.35. The molecule has 1 aliphatic rings. The van der Waals surface area contributed by atoms with Crippen LogP contribution < -0.4 is 5.32 Å². The molecule has 8 heteroatoms. The molecule has 1 saturated heterocycles. The summed E-state index contributed by atoms with van der Waals surface area (Å²) in [4.78, 5) is 15.1. The van der Waals surface area contributed by atoms with Gasteiger partial charge in [-0.2, -0.15) is 0 Å². The minimum Gasteiger partial charge on any atom is -0.325 e. The lowest BCUT2D eigenvalue weighted by Gasteiger charge is -2.26. The molecule has 0 unspecified atom stereocenters. The fraction of sp³-hybridized carbons (Fsp3) is 0.400. The maximum absolute atomic E-state index is 13.5. The first kappa shape index (κ1) is 23.4. The highest BCUT2D eigenvalue weighted by Gasteiger charge is 2.20. The predicted octanol–water partition coefficient (Wildman–Crippen LogP) is 5.05. The lowest BCUT2D eigenvalue weighted by Crippen LogP contribution is -2.30. The Balaban J connectivity index is 1.52. The minimum atomic E-state index is -0.290. The maximum atomic E-state index is 13.5. The zero-order chi connectivity index (χ0) is 23.4. The van der Waals surface area contributed by atoms with Crippen molar-refractivity contribution in [3.8, 4) is 5.69 Å². The highest BCUT2D eigenvalue weighted by atomic mass is 32.2. The summed E-state index contributed by atoms with van der Waals surface area (Å²) in [5.74, 6) is 0.621. The number of piperidine rings is 1. The van der Waals surface area contributed by atoms with Crippen molar-refractivity contribution < 1.29 is 9.18 Å². The third-order valence-corrected chi connectivity index (χ3v) is 6.80. The van der Waals surface area contributed by atoms with Gasteiger partial charge < -0.3 is 5.32 Å². The molecule has 0 spiro atoms. The Morgan fingerprint density at radius 2 is 1.70 bits per heavy atom. The third-order valence-electron chi connectivity index (χ3n) is 5.87. The van der Waals surface area contributed by atoms with Crippen LogP contribution in [0.4, 0.5) is 10.1 Å². The van der Waals surface area contributed by atoms with Crippen LogP contribution >= 0.6 is 11.8 Å². The summed E-state index contributed by atoms with van der Waals surface area (Å²) < 4.78 is 15.5. The molecule has 0 radical (unpaired) electrons. The van der Waals surface area contributed by atoms with Crippen LogP contribution in [0.2, 0.25) is 0 Å². The molecular formula is C25H30FN5OS. The van der Waals surface area contributed by atoms with Gasteiger partial charge >= 0.3 is 0 Å². The minimum absolute atomic E-state index is 0.0960. The molecule has 174 valence electrons. The van der Waals surface area contributed by atoms with Gasteiger partial charge in [-0.1, -0.05) is 35.9 Å². The second-order valence-electron chi connectivity index (χ2n) is 8.66. The number of carbonyl (C=O) groups excluding carboxylic acids is 1. The Labute approximate surface area is 198 Å². The average molecular weight is 468 g/mol. The van der Waals surface area contributed by atoms with Crippen LogP contribution in [0.3, 0.4) is 0 Å². The van der Waals surface area contributed by atoms with E-state index >= 15 is 0 Å². The van der Waals surface area contributed by atoms with Crippen LogP contribution in [-0.4, -0.2) is 44.4 Å². The Morgan fingerprint density at radius 1 is 1.03 bits per heavy atom. The standard InChI is InChI=1S/C25H30FN5OS/c1-17-13-18(2)24(19(3)14-17)27-23(32)16-33-25-29-28-22(15-30-11-5-4-6-12-30)31(25)21-9-7-20(26)8-10-21/h7-10,13-14H,4-6,11-12,15-16H2,1-3H3,(H,27,32). The molecular weight excluding hydrogens is 437 g/mol. The van der Waals surface area contributed by atoms with Crippen LogP contribution in [0, 0.1) is 26.6 Å². The molecule has 4 rings (SSSR count). The molecule has 1 aliphatic heterocycles. The molecule has 1 aromatic heterocycles. The summed E-state index contributed by atoms with van der Waals surface area (Å²) in [7, 11) is 0. The zero-order valence-corrected chi connectivity index (χ0v) is 20.2. The van der Waals surface area contributed by atoms with Crippen LogP contribution in [-0.2, 0) is 11.3 Å². The van der Waals surface area contributed by atoms with Crippen molar-refractivity contribution in [2.75, 3.05) is 24.2 Å². The maximum Gasteiger partial charge on any atom is 0.234 e. The summed E-state index contributed by atoms with van der Waals surface area (Å²) >= 11 is 1.34. The first-order valence-electron chi connectivity index (χ1n) is 11.3. The van der Waals surface area contributed by atoms with Crippen molar-refractivity contribution in [3.63, 3.8) is 0 Å². The lowest BCUT2D eigenvalue weighted by atomic mass is 10.1. The number of anilines is 1. The first-order valence-corrected chi connectivity index (χ1v) is 12.3. The molecule has 1 fully saturated rings. The molecule has 1 N–H and O–H groups in total. The van der Waals surface area contributed by atoms with Gasteiger partial charge in [0.2, 0.25) is 5.91 Å². The SMILES string of the molecule is Cc1cc(C)c(NC(=O)CSc2nnc(CN3CCCCC3)n2-c2ccc(F)cc2)c(C)c1. The topological polar surface area (TPSA) is 63.1 Å². The number of likely N-dealkylation sites (tertiary alicyclic amines) is 1. The Kier molecular flexibility index (Phi) is 7.45. The molecule has 0 atom stereocenters. The van der Waals surface area contributed by atoms with Crippen molar-refractivity contribution in [2.24, 2.45) is 0 Å². The van der Waals surface area contributed by atoms with Gasteiger partial charge in [-0.3, -0.25) is 14.3 Å². The van der Waals surface area contributed by atoms with Crippen molar-refractivity contribution in [2.45, 2.75) is 51.7 Å². The fourth-order valence-corrected chi connectivity index (χ4v) is 5.12. The quantitative estimate of drug-likeness (QED) is 0.493. The number of nitrogens with one attached hydrogen (secondary N) is 1. The smallest absolute Gasteiger partial charge is 0.234 e. The number of amides is 1. The number of benzene rings is 2. The number of nitrogens with zero attached hydrogens (tertiary/aromatic N) is 4. The molecule has 2 heterocycles. The van der Waals surface area contributed by atoms with Crippen LogP contribution in [0.1, 0.15) is 41.8 Å². The number of halogens is 1. The third kappa shape index (κ3) is 5.81. The van der Waals surface area contributed by atoms with E-state index in [1.807, 2.05) is 25.3 Å². The van der Waals surface area contributed by atoms with Crippen molar-refractivity contribution in [1.29, 1.82) is 0 Å². The van der Waals surface area contributed by atoms with Crippen LogP contribution in [0.15, 0.2) is 41.6 Å². The summed E-state index contributed by atoms with van der Waals surface area (Å²) in [6.45, 7) is 8.80. The second kappa shape index (κ2) is 10.5. The van der Waals surface area contributed by atoms with Gasteiger partial charge in [0, 0.05) is 11.4 Å². The number of hydrogen-bond donors (Lipinski definition) is 1. The first-order chi connectivity index (χ1) is 15.9. The van der Waals surface area contributed by atoms with E-state index in [0.29, 0.717) is 11.7 Å². The van der Waals surface area contributed by atoms with Gasteiger partial charge in [0.25, 0.3) is 0 Å². The molecule has 33 heavy (non-hydrogen) atoms. The van der Waals surface area contributed by atoms with E-state index in [4.69, 9.17) is 0 Å². The van der Waals surface area contributed by atoms with E-state index in [2.05, 4.69) is 32.5 Å². The molecule has 3 aromatic rings. The van der Waals surface area contributed by atoms with E-state index < -0.39 is 0 Å². The van der Waals surface area contributed by atoms with E-state index in [-0.39, 0.29) is 17.5 Å². The van der Waals surface area contributed by atoms with E-state index in [1.54, 1.807) is 12.1 Å². The summed E-state index contributed by atoms with van der Waals surface area (Å²) in [5.41, 5.74) is 4.91. The molecule has 6 nitrogen and oxygen atoms in total. The second-order valence-corrected chi connectivity index (χ2v) is 9.60. The molecule has 1 amide bonds. The van der Waals surface area contributed by atoms with Crippen LogP contribution in [0.25, 0.3) is 5.69 Å². The van der Waals surface area contributed by atoms with Gasteiger partial charge in [-0.25, -0.2) is 4.39 Å².